The molecule has 5 nitrogen and oxygen atoms in total. The van der Waals surface area contributed by atoms with Crippen LogP contribution in [-0.2, 0) is 13.6 Å². The molecule has 0 saturated heterocycles. The molecule has 0 atom stereocenters. The van der Waals surface area contributed by atoms with Gasteiger partial charge in [0.15, 0.2) is 5.82 Å². The van der Waals surface area contributed by atoms with Gasteiger partial charge in [0.1, 0.15) is 12.2 Å². The smallest absolute Gasteiger partial charge is 0.176 e. The molecule has 0 amide bonds. The molecule has 1 aromatic heterocycles. The van der Waals surface area contributed by atoms with Crippen molar-refractivity contribution in [2.75, 3.05) is 19.6 Å². The molecule has 1 aromatic rings. The molecule has 0 radical (unpaired) electrons. The number of nitrogens with one attached hydrogen (secondary N) is 1. The second-order valence-electron chi connectivity index (χ2n) is 5.78. The fourth-order valence-corrected chi connectivity index (χ4v) is 1.35. The van der Waals surface area contributed by atoms with Gasteiger partial charge >= 0.3 is 0 Å². The molecule has 0 unspecified atom stereocenters. The van der Waals surface area contributed by atoms with Crippen LogP contribution in [0.25, 0.3) is 0 Å². The van der Waals surface area contributed by atoms with Gasteiger partial charge in [0, 0.05) is 7.05 Å². The van der Waals surface area contributed by atoms with Crippen LogP contribution >= 0.6 is 0 Å². The molecular weight excluding hydrogens is 204 g/mol. The molecule has 92 valence electrons. The third-order valence-corrected chi connectivity index (χ3v) is 3.53. The Balaban J connectivity index is 3.00. The third kappa shape index (κ3) is 2.36. The summed E-state index contributed by atoms with van der Waals surface area (Å²) in [7, 11) is 6.29. The highest BCUT2D eigenvalue weighted by Crippen LogP contribution is 2.25. The highest BCUT2D eigenvalue weighted by molar-refractivity contribution is 5.37. The van der Waals surface area contributed by atoms with Gasteiger partial charge in [0.2, 0.25) is 0 Å². The first-order chi connectivity index (χ1) is 7.19. The number of hydrogen-bond acceptors (Lipinski definition) is 3. The first kappa shape index (κ1) is 13.0. The van der Waals surface area contributed by atoms with E-state index in [0.717, 1.165) is 16.7 Å². The van der Waals surface area contributed by atoms with E-state index in [4.69, 9.17) is 5.21 Å². The second-order valence-corrected chi connectivity index (χ2v) is 5.78. The molecule has 0 aromatic carbocycles. The number of anilines is 1. The van der Waals surface area contributed by atoms with Gasteiger partial charge in [-0.05, 0) is 20.8 Å². The Labute approximate surface area is 97.3 Å². The summed E-state index contributed by atoms with van der Waals surface area (Å²) < 4.78 is 2.76. The first-order valence-corrected chi connectivity index (χ1v) is 5.42. The predicted molar refractivity (Wildman–Crippen MR) is 64.2 cm³/mol. The Morgan fingerprint density at radius 2 is 2.00 bits per heavy atom. The Morgan fingerprint density at radius 3 is 2.44 bits per heavy atom. The minimum Gasteiger partial charge on any atom is -0.331 e. The fourth-order valence-electron chi connectivity index (χ4n) is 1.35. The Morgan fingerprint density at radius 1 is 1.44 bits per heavy atom. The van der Waals surface area contributed by atoms with Crippen molar-refractivity contribution < 1.29 is 9.69 Å². The molecule has 0 saturated carbocycles. The Bertz CT molecular complexity index is 363. The van der Waals surface area contributed by atoms with Gasteiger partial charge in [-0.3, -0.25) is 10.7 Å². The molecule has 0 aliphatic heterocycles. The Kier molecular flexibility index (Phi) is 3.30. The molecule has 0 aliphatic carbocycles. The number of aromatic nitrogens is 2. The van der Waals surface area contributed by atoms with Crippen LogP contribution in [0.4, 0.5) is 5.82 Å². The lowest BCUT2D eigenvalue weighted by Crippen LogP contribution is -2.53. The maximum Gasteiger partial charge on any atom is 0.176 e. The highest BCUT2D eigenvalue weighted by atomic mass is 16.5. The summed E-state index contributed by atoms with van der Waals surface area (Å²) in [6.45, 7) is 7.42. The number of imidazole rings is 1. The van der Waals surface area contributed by atoms with E-state index in [2.05, 4.69) is 45.3 Å². The number of quaternary nitrogens is 1. The molecule has 0 aliphatic rings. The van der Waals surface area contributed by atoms with Crippen molar-refractivity contribution in [3.63, 3.8) is 0 Å². The SMILES string of the molecule is Cn1cnc(NO)c1C[N+](C)(C)C(C)(C)C. The van der Waals surface area contributed by atoms with E-state index in [1.54, 1.807) is 6.33 Å². The standard InChI is InChI=1S/C11H23N4O/c1-11(2,3)15(5,6)7-9-10(13-16)12-8-14(9)4/h8,13,16H,7H2,1-6H3/q+1. The lowest BCUT2D eigenvalue weighted by Gasteiger charge is -2.42. The van der Waals surface area contributed by atoms with Crippen LogP contribution in [0, 0.1) is 0 Å². The molecule has 1 heterocycles. The highest BCUT2D eigenvalue weighted by Gasteiger charge is 2.33. The van der Waals surface area contributed by atoms with Gasteiger partial charge in [-0.1, -0.05) is 0 Å². The quantitative estimate of drug-likeness (QED) is 0.609. The van der Waals surface area contributed by atoms with Crippen LogP contribution in [-0.4, -0.2) is 38.9 Å². The van der Waals surface area contributed by atoms with Crippen LogP contribution in [0.15, 0.2) is 6.33 Å². The molecule has 0 bridgehead atoms. The molecule has 16 heavy (non-hydrogen) atoms. The van der Waals surface area contributed by atoms with Crippen molar-refractivity contribution in [1.29, 1.82) is 0 Å². The van der Waals surface area contributed by atoms with Crippen molar-refractivity contribution in [3.05, 3.63) is 12.0 Å². The summed E-state index contributed by atoms with van der Waals surface area (Å²) in [5, 5.41) is 9.00. The maximum atomic E-state index is 9.00. The van der Waals surface area contributed by atoms with Gasteiger partial charge in [0.05, 0.1) is 26.0 Å². The summed E-state index contributed by atoms with van der Waals surface area (Å²) in [6.07, 6.45) is 1.70. The number of rotatable bonds is 3. The van der Waals surface area contributed by atoms with Gasteiger partial charge in [-0.15, -0.1) is 0 Å². The van der Waals surface area contributed by atoms with Crippen LogP contribution in [0.3, 0.4) is 0 Å². The maximum absolute atomic E-state index is 9.00. The van der Waals surface area contributed by atoms with Crippen molar-refractivity contribution in [2.24, 2.45) is 7.05 Å². The normalized spacial score (nSPS) is 12.9. The molecule has 0 fully saturated rings. The van der Waals surface area contributed by atoms with Gasteiger partial charge < -0.3 is 9.05 Å². The average Bonchev–Trinajstić information content (AvgIpc) is 2.45. The van der Waals surface area contributed by atoms with Gasteiger partial charge in [-0.25, -0.2) is 4.98 Å². The minimum absolute atomic E-state index is 0.136. The summed E-state index contributed by atoms with van der Waals surface area (Å²) in [4.78, 5) is 4.09. The lowest BCUT2D eigenvalue weighted by atomic mass is 10.0. The van der Waals surface area contributed by atoms with Gasteiger partial charge in [0.25, 0.3) is 0 Å². The van der Waals surface area contributed by atoms with Crippen molar-refractivity contribution in [2.45, 2.75) is 32.9 Å². The van der Waals surface area contributed by atoms with E-state index in [1.165, 1.54) is 0 Å². The lowest BCUT2D eigenvalue weighted by molar-refractivity contribution is -0.948. The molecule has 0 spiro atoms. The summed E-state index contributed by atoms with van der Waals surface area (Å²) >= 11 is 0. The van der Waals surface area contributed by atoms with Crippen LogP contribution in [0.2, 0.25) is 0 Å². The van der Waals surface area contributed by atoms with Gasteiger partial charge in [-0.2, -0.15) is 0 Å². The van der Waals surface area contributed by atoms with E-state index in [1.807, 2.05) is 11.6 Å². The largest absolute Gasteiger partial charge is 0.331 e. The van der Waals surface area contributed by atoms with E-state index in [9.17, 15) is 0 Å². The summed E-state index contributed by atoms with van der Waals surface area (Å²) in [5.41, 5.74) is 3.29. The molecule has 2 N–H and O–H groups in total. The zero-order valence-electron chi connectivity index (χ0n) is 11.1. The minimum atomic E-state index is 0.136. The molecule has 5 heteroatoms. The molecular formula is C11H23N4O+. The zero-order chi connectivity index (χ0) is 12.6. The second kappa shape index (κ2) is 4.07. The monoisotopic (exact) mass is 227 g/mol. The van der Waals surface area contributed by atoms with Crippen LogP contribution in [0.1, 0.15) is 26.5 Å². The van der Waals surface area contributed by atoms with Crippen molar-refractivity contribution in [3.8, 4) is 0 Å². The first-order valence-electron chi connectivity index (χ1n) is 5.42. The van der Waals surface area contributed by atoms with E-state index >= 15 is 0 Å². The number of nitrogens with zero attached hydrogens (tertiary/aromatic N) is 3. The zero-order valence-corrected chi connectivity index (χ0v) is 11.1. The van der Waals surface area contributed by atoms with Crippen molar-refractivity contribution in [1.82, 2.24) is 9.55 Å². The Hall–Kier alpha value is -1.07. The van der Waals surface area contributed by atoms with E-state index in [0.29, 0.717) is 5.82 Å². The summed E-state index contributed by atoms with van der Waals surface area (Å²) in [6, 6.07) is 0. The number of hydrogen-bond donors (Lipinski definition) is 2. The third-order valence-electron chi connectivity index (χ3n) is 3.53. The average molecular weight is 227 g/mol. The van der Waals surface area contributed by atoms with Crippen LogP contribution < -0.4 is 5.48 Å². The topological polar surface area (TPSA) is 50.1 Å². The molecule has 1 rings (SSSR count). The van der Waals surface area contributed by atoms with Crippen LogP contribution in [0.5, 0.6) is 0 Å². The van der Waals surface area contributed by atoms with E-state index in [-0.39, 0.29) is 5.54 Å². The fraction of sp³-hybridized carbons (Fsp3) is 0.727. The van der Waals surface area contributed by atoms with E-state index < -0.39 is 0 Å². The predicted octanol–water partition coefficient (Wildman–Crippen LogP) is 1.60. The summed E-state index contributed by atoms with van der Waals surface area (Å²) in [5.74, 6) is 0.540. The number of aryl methyl sites for hydroxylation is 1. The van der Waals surface area contributed by atoms with Crippen molar-refractivity contribution >= 4 is 5.82 Å².